The Hall–Kier alpha value is -3.17. The van der Waals surface area contributed by atoms with Crippen LogP contribution in [0.3, 0.4) is 0 Å². The van der Waals surface area contributed by atoms with Crippen LogP contribution in [0.2, 0.25) is 0 Å². The first-order valence-electron chi connectivity index (χ1n) is 9.14. The summed E-state index contributed by atoms with van der Waals surface area (Å²) in [5.41, 5.74) is 0.932. The van der Waals surface area contributed by atoms with E-state index < -0.39 is 0 Å². The van der Waals surface area contributed by atoms with Crippen LogP contribution in [-0.4, -0.2) is 40.9 Å². The van der Waals surface area contributed by atoms with Gasteiger partial charge in [0, 0.05) is 6.08 Å². The number of thioether (sulfide) groups is 1. The third kappa shape index (κ3) is 7.69. The van der Waals surface area contributed by atoms with Gasteiger partial charge in [-0.3, -0.25) is 14.9 Å². The van der Waals surface area contributed by atoms with E-state index in [0.29, 0.717) is 22.6 Å². The molecule has 0 radical (unpaired) electrons. The molecular weight excluding hydrogens is 420 g/mol. The van der Waals surface area contributed by atoms with Gasteiger partial charge in [0.05, 0.1) is 12.3 Å². The smallest absolute Gasteiger partial charge is 0.250 e. The molecule has 9 heteroatoms. The highest BCUT2D eigenvalue weighted by atomic mass is 32.2. The predicted octanol–water partition coefficient (Wildman–Crippen LogP) is 3.48. The van der Waals surface area contributed by atoms with E-state index in [4.69, 9.17) is 4.74 Å². The second-order valence-electron chi connectivity index (χ2n) is 5.91. The van der Waals surface area contributed by atoms with Crippen molar-refractivity contribution in [2.24, 2.45) is 0 Å². The SMILES string of the molecule is O=C(C=Cc1ccccc1)Nc1nnc(SCC(=O)NCCOc2ccccc2)s1. The average Bonchev–Trinajstić information content (AvgIpc) is 3.22. The number of nitrogens with one attached hydrogen (secondary N) is 2. The summed E-state index contributed by atoms with van der Waals surface area (Å²) >= 11 is 2.48. The summed E-state index contributed by atoms with van der Waals surface area (Å²) < 4.78 is 6.12. The third-order valence-corrected chi connectivity index (χ3v) is 5.60. The molecule has 30 heavy (non-hydrogen) atoms. The summed E-state index contributed by atoms with van der Waals surface area (Å²) in [6.07, 6.45) is 3.16. The van der Waals surface area contributed by atoms with Crippen molar-refractivity contribution < 1.29 is 14.3 Å². The molecule has 154 valence electrons. The van der Waals surface area contributed by atoms with Crippen LogP contribution >= 0.6 is 23.1 Å². The normalized spacial score (nSPS) is 10.7. The summed E-state index contributed by atoms with van der Waals surface area (Å²) in [4.78, 5) is 23.9. The quantitative estimate of drug-likeness (QED) is 0.217. The fourth-order valence-electron chi connectivity index (χ4n) is 2.26. The van der Waals surface area contributed by atoms with Crippen molar-refractivity contribution in [1.29, 1.82) is 0 Å². The van der Waals surface area contributed by atoms with Gasteiger partial charge >= 0.3 is 0 Å². The van der Waals surface area contributed by atoms with Crippen molar-refractivity contribution in [2.45, 2.75) is 4.34 Å². The molecule has 0 aliphatic carbocycles. The highest BCUT2D eigenvalue weighted by Gasteiger charge is 2.09. The van der Waals surface area contributed by atoms with Crippen molar-refractivity contribution in [2.75, 3.05) is 24.2 Å². The number of rotatable bonds is 10. The topological polar surface area (TPSA) is 93.2 Å². The minimum atomic E-state index is -0.289. The standard InChI is InChI=1S/C21H20N4O3S2/c26-18(12-11-16-7-3-1-4-8-16)23-20-24-25-21(30-20)29-15-19(27)22-13-14-28-17-9-5-2-6-10-17/h1-12H,13-15H2,(H,22,27)(H,23,24,26). The van der Waals surface area contributed by atoms with Gasteiger partial charge in [-0.05, 0) is 23.8 Å². The van der Waals surface area contributed by atoms with Gasteiger partial charge in [0.1, 0.15) is 12.4 Å². The maximum absolute atomic E-state index is 12.0. The van der Waals surface area contributed by atoms with Gasteiger partial charge < -0.3 is 10.1 Å². The molecule has 1 heterocycles. The van der Waals surface area contributed by atoms with E-state index in [-0.39, 0.29) is 17.6 Å². The van der Waals surface area contributed by atoms with Gasteiger partial charge in [-0.2, -0.15) is 0 Å². The van der Waals surface area contributed by atoms with Crippen LogP contribution in [0.15, 0.2) is 71.1 Å². The molecule has 3 aromatic rings. The predicted molar refractivity (Wildman–Crippen MR) is 120 cm³/mol. The van der Waals surface area contributed by atoms with Crippen LogP contribution in [0.4, 0.5) is 5.13 Å². The largest absolute Gasteiger partial charge is 0.492 e. The maximum atomic E-state index is 12.0. The van der Waals surface area contributed by atoms with Crippen molar-refractivity contribution >= 4 is 46.1 Å². The summed E-state index contributed by atoms with van der Waals surface area (Å²) in [7, 11) is 0. The van der Waals surface area contributed by atoms with Crippen LogP contribution in [-0.2, 0) is 9.59 Å². The minimum absolute atomic E-state index is 0.122. The number of anilines is 1. The van der Waals surface area contributed by atoms with E-state index in [9.17, 15) is 9.59 Å². The highest BCUT2D eigenvalue weighted by molar-refractivity contribution is 8.01. The number of para-hydroxylation sites is 1. The first kappa shape index (κ1) is 21.5. The lowest BCUT2D eigenvalue weighted by Gasteiger charge is -2.07. The lowest BCUT2D eigenvalue weighted by atomic mass is 10.2. The van der Waals surface area contributed by atoms with Crippen LogP contribution in [0.1, 0.15) is 5.56 Å². The second-order valence-corrected chi connectivity index (χ2v) is 8.11. The molecule has 7 nitrogen and oxygen atoms in total. The number of benzene rings is 2. The van der Waals surface area contributed by atoms with Crippen LogP contribution in [0, 0.1) is 0 Å². The Labute approximate surface area is 182 Å². The number of aromatic nitrogens is 2. The average molecular weight is 441 g/mol. The fraction of sp³-hybridized carbons (Fsp3) is 0.143. The van der Waals surface area contributed by atoms with Gasteiger partial charge in [0.15, 0.2) is 4.34 Å². The van der Waals surface area contributed by atoms with Crippen LogP contribution < -0.4 is 15.4 Å². The number of hydrogen-bond donors (Lipinski definition) is 2. The van der Waals surface area contributed by atoms with E-state index >= 15 is 0 Å². The molecule has 0 fully saturated rings. The second kappa shape index (κ2) is 11.7. The van der Waals surface area contributed by atoms with Gasteiger partial charge in [-0.25, -0.2) is 0 Å². The Kier molecular flexibility index (Phi) is 8.43. The van der Waals surface area contributed by atoms with Crippen LogP contribution in [0.25, 0.3) is 6.08 Å². The van der Waals surface area contributed by atoms with Crippen molar-refractivity contribution in [1.82, 2.24) is 15.5 Å². The maximum Gasteiger partial charge on any atom is 0.250 e. The van der Waals surface area contributed by atoms with Gasteiger partial charge in [-0.1, -0.05) is 71.6 Å². The Morgan fingerprint density at radius 3 is 2.53 bits per heavy atom. The third-order valence-electron chi connectivity index (χ3n) is 3.63. The molecule has 0 saturated carbocycles. The van der Waals surface area contributed by atoms with Crippen molar-refractivity contribution in [3.63, 3.8) is 0 Å². The summed E-state index contributed by atoms with van der Waals surface area (Å²) in [5, 5.41) is 13.8. The molecule has 0 saturated heterocycles. The first-order chi connectivity index (χ1) is 14.7. The molecule has 2 amide bonds. The molecule has 0 spiro atoms. The molecule has 0 atom stereocenters. The minimum Gasteiger partial charge on any atom is -0.492 e. The molecular formula is C21H20N4O3S2. The number of nitrogens with zero attached hydrogens (tertiary/aromatic N) is 2. The number of amides is 2. The first-order valence-corrected chi connectivity index (χ1v) is 10.9. The van der Waals surface area contributed by atoms with E-state index in [0.717, 1.165) is 11.3 Å². The monoisotopic (exact) mass is 440 g/mol. The lowest BCUT2D eigenvalue weighted by molar-refractivity contribution is -0.118. The van der Waals surface area contributed by atoms with Crippen molar-refractivity contribution in [3.05, 3.63) is 72.3 Å². The molecule has 1 aromatic heterocycles. The van der Waals surface area contributed by atoms with Crippen molar-refractivity contribution in [3.8, 4) is 5.75 Å². The Bertz CT molecular complexity index is 978. The molecule has 2 aromatic carbocycles. The summed E-state index contributed by atoms with van der Waals surface area (Å²) in [5.74, 6) is 0.566. The summed E-state index contributed by atoms with van der Waals surface area (Å²) in [6, 6.07) is 18.9. The van der Waals surface area contributed by atoms with E-state index in [1.54, 1.807) is 6.08 Å². The fourth-order valence-corrected chi connectivity index (χ4v) is 3.84. The Morgan fingerprint density at radius 1 is 1.03 bits per heavy atom. The highest BCUT2D eigenvalue weighted by Crippen LogP contribution is 2.25. The van der Waals surface area contributed by atoms with Gasteiger partial charge in [0.2, 0.25) is 16.9 Å². The molecule has 0 aliphatic heterocycles. The number of ether oxygens (including phenoxy) is 1. The van der Waals surface area contributed by atoms with E-state index in [1.807, 2.05) is 60.7 Å². The van der Waals surface area contributed by atoms with E-state index in [2.05, 4.69) is 20.8 Å². The molecule has 2 N–H and O–H groups in total. The number of hydrogen-bond acceptors (Lipinski definition) is 7. The lowest BCUT2D eigenvalue weighted by Crippen LogP contribution is -2.29. The van der Waals surface area contributed by atoms with E-state index in [1.165, 1.54) is 29.2 Å². The Morgan fingerprint density at radius 2 is 1.77 bits per heavy atom. The number of carbonyl (C=O) groups excluding carboxylic acids is 2. The van der Waals surface area contributed by atoms with Crippen LogP contribution in [0.5, 0.6) is 5.75 Å². The molecule has 0 aliphatic rings. The molecule has 0 bridgehead atoms. The number of carbonyl (C=O) groups is 2. The zero-order chi connectivity index (χ0) is 21.0. The van der Waals surface area contributed by atoms with Gasteiger partial charge in [0.25, 0.3) is 0 Å². The zero-order valence-corrected chi connectivity index (χ0v) is 17.6. The Balaban J connectivity index is 1.34. The molecule has 3 rings (SSSR count). The van der Waals surface area contributed by atoms with Gasteiger partial charge in [-0.15, -0.1) is 10.2 Å². The zero-order valence-electron chi connectivity index (χ0n) is 16.0. The molecule has 0 unspecified atom stereocenters. The summed E-state index contributed by atoms with van der Waals surface area (Å²) in [6.45, 7) is 0.811.